The van der Waals surface area contributed by atoms with E-state index in [1.54, 1.807) is 0 Å². The standard InChI is InChI=1S/2C30H28N2.2C20H16.14C2H6/c1-3-17-31-28-12-8-6-10-24(28)26-19-21(14-16-29(26)31)22-13-15-25-23-9-5-7-11-27(23)32(18-4-2)30(25)20-22;1-3-17-31-27-11-7-5-9-23(27)25-19-21(13-15-29(25)31)22-14-16-30-26(20-22)24-10-6-8-12-28(24)32(30)18-4-2;1-2-14-8-7-13-19-17-10-4-3-9-15(17)16-11-5-6-12-18(16)20(14)19;1-2-14-11-12-19-17-9-4-3-7-15(17)16-8-5-6-10-18(16)20(19)13-14;14*1-2/h2*5-16,19-20H,3-4,17-18H2,1-2H3;2*3-13H,2H2,1H3;14*1-2H3. The minimum absolute atomic E-state index is 1.04. The van der Waals surface area contributed by atoms with E-state index in [1.807, 2.05) is 194 Å². The van der Waals surface area contributed by atoms with Gasteiger partial charge < -0.3 is 18.3 Å². The van der Waals surface area contributed by atoms with Gasteiger partial charge in [0.05, 0.1) is 0 Å². The van der Waals surface area contributed by atoms with Crippen LogP contribution in [0.5, 0.6) is 0 Å². The molecule has 0 atom stereocenters. The van der Waals surface area contributed by atoms with E-state index in [0.717, 1.165) is 64.7 Å². The molecule has 0 amide bonds. The van der Waals surface area contributed by atoms with E-state index in [2.05, 4.69) is 363 Å². The molecule has 0 N–H and O–H groups in total. The number of para-hydroxylation sites is 4. The van der Waals surface area contributed by atoms with Crippen LogP contribution in [0, 0.1) is 0 Å². The Bertz CT molecular complexity index is 6370. The Morgan fingerprint density at radius 3 is 0.659 bits per heavy atom. The third-order valence-corrected chi connectivity index (χ3v) is 22.0. The molecule has 0 aliphatic rings. The molecule has 132 heavy (non-hydrogen) atoms. The number of fused-ring (bicyclic) bond motifs is 24. The highest BCUT2D eigenvalue weighted by Crippen LogP contribution is 2.42. The molecular weight excluding hydrogens is 1590 g/mol. The third-order valence-electron chi connectivity index (χ3n) is 22.0. The van der Waals surface area contributed by atoms with Crippen molar-refractivity contribution in [2.75, 3.05) is 0 Å². The summed E-state index contributed by atoms with van der Waals surface area (Å²) < 4.78 is 9.89. The van der Waals surface area contributed by atoms with Crippen LogP contribution < -0.4 is 0 Å². The molecule has 0 radical (unpaired) electrons. The molecule has 0 saturated carbocycles. The minimum atomic E-state index is 1.04. The Balaban J connectivity index is 0.000000422. The first-order valence-electron chi connectivity index (χ1n) is 52.1. The minimum Gasteiger partial charge on any atom is -0.340 e. The van der Waals surface area contributed by atoms with E-state index >= 15 is 0 Å². The molecule has 20 rings (SSSR count). The van der Waals surface area contributed by atoms with E-state index in [1.165, 1.54) is 185 Å². The molecule has 0 unspecified atom stereocenters. The second-order valence-electron chi connectivity index (χ2n) is 28.2. The molecule has 0 saturated heterocycles. The summed E-state index contributed by atoms with van der Waals surface area (Å²) in [4.78, 5) is 0. The largest absolute Gasteiger partial charge is 0.340 e. The Labute approximate surface area is 801 Å². The fourth-order valence-electron chi connectivity index (χ4n) is 17.3. The molecule has 4 nitrogen and oxygen atoms in total. The highest BCUT2D eigenvalue weighted by molar-refractivity contribution is 6.27. The van der Waals surface area contributed by atoms with Crippen molar-refractivity contribution < 1.29 is 0 Å². The molecule has 20 aromatic rings. The molecule has 4 heteroatoms. The van der Waals surface area contributed by atoms with Crippen molar-refractivity contribution in [1.29, 1.82) is 0 Å². The van der Waals surface area contributed by atoms with Gasteiger partial charge in [0.15, 0.2) is 0 Å². The van der Waals surface area contributed by atoms with Gasteiger partial charge in [-0.05, 0) is 203 Å². The van der Waals surface area contributed by atoms with Gasteiger partial charge in [0.25, 0.3) is 0 Å². The van der Waals surface area contributed by atoms with E-state index in [4.69, 9.17) is 0 Å². The van der Waals surface area contributed by atoms with Gasteiger partial charge in [0, 0.05) is 113 Å². The number of benzene rings is 16. The maximum absolute atomic E-state index is 2.49. The van der Waals surface area contributed by atoms with Gasteiger partial charge in [0.2, 0.25) is 0 Å². The van der Waals surface area contributed by atoms with Gasteiger partial charge in [-0.2, -0.15) is 0 Å². The highest BCUT2D eigenvalue weighted by Gasteiger charge is 2.18. The van der Waals surface area contributed by atoms with Gasteiger partial charge in [-0.3, -0.25) is 0 Å². The van der Waals surface area contributed by atoms with Gasteiger partial charge in [-0.1, -0.05) is 472 Å². The molecule has 0 bridgehead atoms. The van der Waals surface area contributed by atoms with Crippen LogP contribution in [0.4, 0.5) is 0 Å². The fourth-order valence-corrected chi connectivity index (χ4v) is 17.3. The van der Waals surface area contributed by atoms with Crippen LogP contribution in [0.15, 0.2) is 303 Å². The first kappa shape index (κ1) is 114. The summed E-state index contributed by atoms with van der Waals surface area (Å²) in [7, 11) is 0. The highest BCUT2D eigenvalue weighted by atomic mass is 15.0. The maximum atomic E-state index is 2.49. The zero-order valence-corrected chi connectivity index (χ0v) is 88.7. The number of rotatable bonds is 12. The molecule has 704 valence electrons. The lowest BCUT2D eigenvalue weighted by Crippen LogP contribution is -1.96. The Morgan fingerprint density at radius 2 is 0.364 bits per heavy atom. The lowest BCUT2D eigenvalue weighted by molar-refractivity contribution is 0.724. The molecule has 0 aliphatic heterocycles. The molecule has 0 spiro atoms. The van der Waals surface area contributed by atoms with Crippen LogP contribution in [-0.2, 0) is 39.0 Å². The van der Waals surface area contributed by atoms with Gasteiger partial charge in [0.1, 0.15) is 0 Å². The fraction of sp³-hybridized carbons (Fsp3) is 0.344. The van der Waals surface area contributed by atoms with Crippen molar-refractivity contribution in [2.24, 2.45) is 0 Å². The van der Waals surface area contributed by atoms with E-state index in [-0.39, 0.29) is 0 Å². The summed E-state index contributed by atoms with van der Waals surface area (Å²) in [5, 5.41) is 27.1. The summed E-state index contributed by atoms with van der Waals surface area (Å²) in [5.74, 6) is 0. The topological polar surface area (TPSA) is 19.7 Å². The van der Waals surface area contributed by atoms with Crippen molar-refractivity contribution in [3.05, 3.63) is 314 Å². The third kappa shape index (κ3) is 25.8. The Kier molecular flexibility index (Phi) is 54.9. The van der Waals surface area contributed by atoms with Crippen molar-refractivity contribution in [3.63, 3.8) is 0 Å². The summed E-state index contributed by atoms with van der Waals surface area (Å²) in [6.07, 6.45) is 6.67. The number of hydrogen-bond donors (Lipinski definition) is 0. The first-order valence-corrected chi connectivity index (χ1v) is 52.1. The second kappa shape index (κ2) is 63.4. The van der Waals surface area contributed by atoms with Crippen LogP contribution in [0.3, 0.4) is 0 Å². The average molecular weight is 1770 g/mol. The number of aryl methyl sites for hydroxylation is 6. The number of nitrogens with zero attached hydrogens (tertiary/aromatic N) is 4. The summed E-state index contributed by atoms with van der Waals surface area (Å²) in [5.41, 5.74) is 18.6. The second-order valence-corrected chi connectivity index (χ2v) is 28.2. The molecular formula is C128H172N4. The van der Waals surface area contributed by atoms with Gasteiger partial charge in [-0.25, -0.2) is 0 Å². The predicted octanol–water partition coefficient (Wildman–Crippen LogP) is 42.6. The van der Waals surface area contributed by atoms with Crippen molar-refractivity contribution in [1.82, 2.24) is 18.3 Å². The SMILES string of the molecule is CC.CC.CC.CC.CC.CC.CC.CC.CC.CC.CC.CC.CC.CC.CCCn1c2ccccc2c2cc(-c3ccc4c(c3)c3ccccc3n4CCC)ccc21.CCCn1c2ccccc2c2cc(-c3ccc4c5ccccc5n(CCC)c4c3)ccc21.CCc1ccc2c3ccccc3c3ccccc3c2c1.CCc1cccc2c3ccccc3c3ccccc3c12. The smallest absolute Gasteiger partial charge is 0.0497 e. The molecule has 0 fully saturated rings. The van der Waals surface area contributed by atoms with E-state index < -0.39 is 0 Å². The summed E-state index contributed by atoms with van der Waals surface area (Å²) in [6, 6.07) is 112. The normalized spacial score (nSPS) is 9.89. The molecule has 16 aromatic carbocycles. The van der Waals surface area contributed by atoms with Crippen LogP contribution >= 0.6 is 0 Å². The monoisotopic (exact) mass is 1770 g/mol. The van der Waals surface area contributed by atoms with E-state index in [0.29, 0.717) is 0 Å². The van der Waals surface area contributed by atoms with Crippen molar-refractivity contribution in [3.8, 4) is 22.3 Å². The molecule has 4 aromatic heterocycles. The Hall–Kier alpha value is -11.7. The zero-order valence-electron chi connectivity index (χ0n) is 88.7. The zero-order chi connectivity index (χ0) is 98.4. The van der Waals surface area contributed by atoms with Crippen LogP contribution in [0.2, 0.25) is 0 Å². The summed E-state index contributed by atoms with van der Waals surface area (Å²) in [6.45, 7) is 73.6. The van der Waals surface area contributed by atoms with Crippen LogP contribution in [0.1, 0.15) is 272 Å². The maximum Gasteiger partial charge on any atom is 0.0497 e. The average Bonchev–Trinajstić information content (AvgIpc) is 1.16. The Morgan fingerprint density at radius 1 is 0.152 bits per heavy atom. The molecule has 4 heterocycles. The van der Waals surface area contributed by atoms with Crippen molar-refractivity contribution >= 4 is 152 Å². The molecule has 0 aliphatic carbocycles. The number of aromatic nitrogens is 4. The van der Waals surface area contributed by atoms with Crippen LogP contribution in [-0.4, -0.2) is 18.3 Å². The lowest BCUT2D eigenvalue weighted by Gasteiger charge is -2.12. The van der Waals surface area contributed by atoms with Crippen molar-refractivity contribution in [2.45, 2.75) is 300 Å². The lowest BCUT2D eigenvalue weighted by atomic mass is 9.91. The number of hydrogen-bond acceptors (Lipinski definition) is 0. The summed E-state index contributed by atoms with van der Waals surface area (Å²) >= 11 is 0. The van der Waals surface area contributed by atoms with E-state index in [9.17, 15) is 0 Å². The first-order chi connectivity index (χ1) is 65.4. The van der Waals surface area contributed by atoms with Gasteiger partial charge in [-0.15, -0.1) is 0 Å². The predicted molar refractivity (Wildman–Crippen MR) is 612 cm³/mol. The van der Waals surface area contributed by atoms with Crippen LogP contribution in [0.25, 0.3) is 174 Å². The quantitative estimate of drug-likeness (QED) is 0.109. The van der Waals surface area contributed by atoms with Gasteiger partial charge >= 0.3 is 0 Å².